The molecule has 0 rings (SSSR count). The summed E-state index contributed by atoms with van der Waals surface area (Å²) in [5.41, 5.74) is 3.38. The summed E-state index contributed by atoms with van der Waals surface area (Å²) in [7, 11) is -2.74. The first-order valence-corrected chi connectivity index (χ1v) is 14.2. The first kappa shape index (κ1) is 19.7. The van der Waals surface area contributed by atoms with Crippen molar-refractivity contribution in [1.82, 2.24) is 0 Å². The van der Waals surface area contributed by atoms with Gasteiger partial charge in [0, 0.05) is 13.0 Å². The second kappa shape index (κ2) is 8.21. The Morgan fingerprint density at radius 3 is 2.10 bits per heavy atom. The van der Waals surface area contributed by atoms with Gasteiger partial charge in [0.15, 0.2) is 8.32 Å². The minimum atomic E-state index is -1.55. The Morgan fingerprint density at radius 1 is 1.00 bits per heavy atom. The van der Waals surface area contributed by atoms with Crippen LogP contribution in [-0.2, 0) is 4.43 Å². The van der Waals surface area contributed by atoms with Crippen LogP contribution in [0.4, 0.5) is 0 Å². The van der Waals surface area contributed by atoms with Crippen molar-refractivity contribution in [2.24, 2.45) is 0 Å². The molecule has 0 aromatic heterocycles. The second-order valence-electron chi connectivity index (χ2n) is 7.98. The Morgan fingerprint density at radius 2 is 1.60 bits per heavy atom. The van der Waals surface area contributed by atoms with Gasteiger partial charge in [-0.2, -0.15) is 0 Å². The van der Waals surface area contributed by atoms with Crippen molar-refractivity contribution in [3.05, 3.63) is 12.2 Å². The molecule has 0 fully saturated rings. The summed E-state index contributed by atoms with van der Waals surface area (Å²) < 4.78 is 6.15. The summed E-state index contributed by atoms with van der Waals surface area (Å²) in [5.74, 6) is 3.26. The van der Waals surface area contributed by atoms with E-state index < -0.39 is 16.4 Å². The van der Waals surface area contributed by atoms with Crippen molar-refractivity contribution in [2.45, 2.75) is 77.8 Å². The van der Waals surface area contributed by atoms with Crippen LogP contribution in [0.3, 0.4) is 0 Å². The monoisotopic (exact) mass is 310 g/mol. The van der Waals surface area contributed by atoms with E-state index in [-0.39, 0.29) is 0 Å². The molecule has 0 saturated heterocycles. The van der Waals surface area contributed by atoms with E-state index in [4.69, 9.17) is 4.43 Å². The lowest BCUT2D eigenvalue weighted by Crippen LogP contribution is -2.40. The molecule has 0 saturated carbocycles. The van der Waals surface area contributed by atoms with E-state index in [1.165, 1.54) is 0 Å². The molecule has 20 heavy (non-hydrogen) atoms. The van der Waals surface area contributed by atoms with Crippen molar-refractivity contribution >= 4 is 16.4 Å². The zero-order valence-electron chi connectivity index (χ0n) is 14.9. The van der Waals surface area contributed by atoms with Crippen LogP contribution >= 0.6 is 0 Å². The van der Waals surface area contributed by atoms with Gasteiger partial charge in [0.05, 0.1) is 0 Å². The molecule has 1 nitrogen and oxygen atoms in total. The minimum absolute atomic E-state index is 0.315. The molecule has 0 atom stereocenters. The average Bonchev–Trinajstić information content (AvgIpc) is 2.23. The maximum absolute atomic E-state index is 6.15. The van der Waals surface area contributed by atoms with Crippen LogP contribution in [-0.4, -0.2) is 23.0 Å². The third-order valence-electron chi connectivity index (χ3n) is 3.63. The van der Waals surface area contributed by atoms with Gasteiger partial charge in [0.1, 0.15) is 8.07 Å². The summed E-state index contributed by atoms with van der Waals surface area (Å²) in [6, 6.07) is 0. The fourth-order valence-corrected chi connectivity index (χ4v) is 3.04. The van der Waals surface area contributed by atoms with Gasteiger partial charge in [-0.05, 0) is 31.0 Å². The number of hydrogen-bond donors (Lipinski definition) is 0. The molecular formula is C17H34OSi2. The smallest absolute Gasteiger partial charge is 0.191 e. The molecule has 0 radical (unpaired) electrons. The Balaban J connectivity index is 3.80. The molecule has 0 aliphatic heterocycles. The first-order valence-electron chi connectivity index (χ1n) is 7.75. The number of unbranched alkanes of at least 4 members (excludes halogenated alkanes) is 1. The van der Waals surface area contributed by atoms with Crippen LogP contribution in [0.25, 0.3) is 0 Å². The van der Waals surface area contributed by atoms with Gasteiger partial charge in [-0.15, -0.1) is 11.5 Å². The summed E-state index contributed by atoms with van der Waals surface area (Å²) in [6.07, 6.45) is 7.55. The molecular weight excluding hydrogens is 276 g/mol. The molecule has 0 amide bonds. The molecule has 0 bridgehead atoms. The molecule has 0 aromatic carbocycles. The van der Waals surface area contributed by atoms with Crippen molar-refractivity contribution in [3.8, 4) is 11.5 Å². The first-order chi connectivity index (χ1) is 8.96. The predicted octanol–water partition coefficient (Wildman–Crippen LogP) is 5.62. The van der Waals surface area contributed by atoms with E-state index in [1.54, 1.807) is 0 Å². The number of hydrogen-bond acceptors (Lipinski definition) is 1. The van der Waals surface area contributed by atoms with Gasteiger partial charge >= 0.3 is 0 Å². The van der Waals surface area contributed by atoms with E-state index in [9.17, 15) is 0 Å². The third kappa shape index (κ3) is 9.57. The van der Waals surface area contributed by atoms with Gasteiger partial charge in [0.2, 0.25) is 0 Å². The lowest BCUT2D eigenvalue weighted by Gasteiger charge is -2.36. The largest absolute Gasteiger partial charge is 0.417 e. The van der Waals surface area contributed by atoms with Crippen molar-refractivity contribution < 1.29 is 4.43 Å². The molecule has 0 spiro atoms. The lowest BCUT2D eigenvalue weighted by molar-refractivity contribution is 0.283. The minimum Gasteiger partial charge on any atom is -0.417 e. The van der Waals surface area contributed by atoms with Crippen LogP contribution < -0.4 is 0 Å². The Bertz CT molecular complexity index is 359. The summed E-state index contributed by atoms with van der Waals surface area (Å²) in [5, 5.41) is 0.315. The van der Waals surface area contributed by atoms with Gasteiger partial charge in [-0.1, -0.05) is 52.6 Å². The summed E-state index contributed by atoms with van der Waals surface area (Å²) in [4.78, 5) is 0. The quantitative estimate of drug-likeness (QED) is 0.268. The highest BCUT2D eigenvalue weighted by molar-refractivity contribution is 6.83. The maximum atomic E-state index is 6.15. The van der Waals surface area contributed by atoms with Crippen LogP contribution in [0.5, 0.6) is 0 Å². The van der Waals surface area contributed by atoms with Crippen molar-refractivity contribution in [3.63, 3.8) is 0 Å². The van der Waals surface area contributed by atoms with E-state index in [2.05, 4.69) is 77.1 Å². The van der Waals surface area contributed by atoms with Crippen LogP contribution in [0, 0.1) is 11.5 Å². The number of allylic oxidation sites excluding steroid dienone is 2. The van der Waals surface area contributed by atoms with Crippen LogP contribution in [0.2, 0.25) is 37.8 Å². The van der Waals surface area contributed by atoms with Crippen molar-refractivity contribution in [2.75, 3.05) is 6.61 Å². The molecule has 0 aliphatic carbocycles. The Kier molecular flexibility index (Phi) is 8.09. The molecule has 0 heterocycles. The maximum Gasteiger partial charge on any atom is 0.191 e. The topological polar surface area (TPSA) is 9.23 Å². The highest BCUT2D eigenvalue weighted by atomic mass is 28.4. The highest BCUT2D eigenvalue weighted by Crippen LogP contribution is 2.36. The summed E-state index contributed by atoms with van der Waals surface area (Å²) >= 11 is 0. The van der Waals surface area contributed by atoms with Gasteiger partial charge in [0.25, 0.3) is 0 Å². The van der Waals surface area contributed by atoms with Gasteiger partial charge in [-0.3, -0.25) is 0 Å². The third-order valence-corrected chi connectivity index (χ3v) is 9.10. The fourth-order valence-electron chi connectivity index (χ4n) is 1.32. The molecule has 3 heteroatoms. The fraction of sp³-hybridized carbons (Fsp3) is 0.765. The zero-order chi connectivity index (χ0) is 15.9. The lowest BCUT2D eigenvalue weighted by atomic mass is 10.2. The predicted molar refractivity (Wildman–Crippen MR) is 97.3 cm³/mol. The van der Waals surface area contributed by atoms with E-state index >= 15 is 0 Å². The molecule has 116 valence electrons. The SMILES string of the molecule is CC(C)(C)[Si](C)(C)OCCC/C=C/CC#C[Si](C)(C)C. The van der Waals surface area contributed by atoms with Crippen LogP contribution in [0.1, 0.15) is 40.0 Å². The molecule has 0 unspecified atom stereocenters. The number of rotatable bonds is 6. The highest BCUT2D eigenvalue weighted by Gasteiger charge is 2.36. The Hall–Kier alpha value is -0.306. The Labute approximate surface area is 129 Å². The van der Waals surface area contributed by atoms with Crippen molar-refractivity contribution in [1.29, 1.82) is 0 Å². The van der Waals surface area contributed by atoms with E-state index in [0.29, 0.717) is 5.04 Å². The standard InChI is InChI=1S/C17H34OSi2/c1-17(2,3)20(7,8)18-15-13-11-9-10-12-14-16-19(4,5)6/h9-10H,11-13,15H2,1-8H3/b10-9+. The molecule has 0 aromatic rings. The zero-order valence-corrected chi connectivity index (χ0v) is 16.9. The normalized spacial score (nSPS) is 13.4. The van der Waals surface area contributed by atoms with Gasteiger partial charge in [-0.25, -0.2) is 0 Å². The second-order valence-corrected chi connectivity index (χ2v) is 17.5. The molecule has 0 aliphatic rings. The van der Waals surface area contributed by atoms with E-state index in [0.717, 1.165) is 25.9 Å². The summed E-state index contributed by atoms with van der Waals surface area (Å²) in [6.45, 7) is 19.2. The van der Waals surface area contributed by atoms with E-state index in [1.807, 2.05) is 0 Å². The molecule has 0 N–H and O–H groups in total. The van der Waals surface area contributed by atoms with Gasteiger partial charge < -0.3 is 4.43 Å². The van der Waals surface area contributed by atoms with Crippen LogP contribution in [0.15, 0.2) is 12.2 Å². The average molecular weight is 311 g/mol.